The van der Waals surface area contributed by atoms with Crippen molar-refractivity contribution in [3.63, 3.8) is 0 Å². The summed E-state index contributed by atoms with van der Waals surface area (Å²) in [5, 5.41) is 2.85. The van der Waals surface area contributed by atoms with Gasteiger partial charge in [-0.05, 0) is 13.0 Å². The second-order valence-corrected chi connectivity index (χ2v) is 4.89. The number of nitrogen functional groups attached to an aromatic ring is 1. The van der Waals surface area contributed by atoms with Crippen LogP contribution in [0, 0.1) is 6.92 Å². The first kappa shape index (κ1) is 14.7. The number of methoxy groups -OCH3 is 1. The molecule has 110 valence electrons. The zero-order chi connectivity index (χ0) is 14.6. The van der Waals surface area contributed by atoms with Gasteiger partial charge in [-0.25, -0.2) is 0 Å². The lowest BCUT2D eigenvalue weighted by molar-refractivity contribution is -0.0148. The number of hydrogen-bond acceptors (Lipinski definition) is 6. The van der Waals surface area contributed by atoms with Crippen molar-refractivity contribution < 1.29 is 14.3 Å². The number of aromatic nitrogens is 1. The Hall–Kier alpha value is -1.70. The first-order valence-corrected chi connectivity index (χ1v) is 6.44. The molecule has 4 N–H and O–H groups in total. The van der Waals surface area contributed by atoms with E-state index in [0.29, 0.717) is 31.0 Å². The summed E-state index contributed by atoms with van der Waals surface area (Å²) in [7, 11) is 1.63. The van der Waals surface area contributed by atoms with Crippen molar-refractivity contribution in [3.8, 4) is 0 Å². The van der Waals surface area contributed by atoms with Crippen molar-refractivity contribution in [2.45, 2.75) is 18.9 Å². The average molecular weight is 280 g/mol. The zero-order valence-electron chi connectivity index (χ0n) is 11.7. The van der Waals surface area contributed by atoms with Gasteiger partial charge in [0.1, 0.15) is 5.60 Å². The number of carbonyl (C=O) groups is 1. The Kier molecular flexibility index (Phi) is 4.53. The summed E-state index contributed by atoms with van der Waals surface area (Å²) in [6.07, 6.45) is 2.27. The van der Waals surface area contributed by atoms with Gasteiger partial charge in [-0.15, -0.1) is 0 Å². The minimum Gasteiger partial charge on any atom is -0.378 e. The number of aryl methyl sites for hydroxylation is 1. The Morgan fingerprint density at radius 2 is 2.45 bits per heavy atom. The first-order chi connectivity index (χ1) is 9.60. The van der Waals surface area contributed by atoms with E-state index in [1.807, 2.05) is 6.92 Å². The number of nitrogens with two attached hydrogens (primary N) is 1. The maximum atomic E-state index is 12.2. The van der Waals surface area contributed by atoms with Crippen LogP contribution in [0.2, 0.25) is 0 Å². The predicted octanol–water partition coefficient (Wildman–Crippen LogP) is 0.211. The molecule has 20 heavy (non-hydrogen) atoms. The highest BCUT2D eigenvalue weighted by Crippen LogP contribution is 2.22. The Bertz CT molecular complexity index is 487. The molecule has 1 fully saturated rings. The minimum absolute atomic E-state index is 0.242. The molecule has 7 nitrogen and oxygen atoms in total. The summed E-state index contributed by atoms with van der Waals surface area (Å²) in [4.78, 5) is 16.3. The number of ether oxygens (including phenoxy) is 2. The van der Waals surface area contributed by atoms with Crippen molar-refractivity contribution in [3.05, 3.63) is 23.5 Å². The number of carbonyl (C=O) groups excluding carboxylic acids is 1. The molecule has 1 unspecified atom stereocenters. The SMILES string of the molecule is COC1(CNC(=O)c2cnc(C)cc2NN)CCOC1. The van der Waals surface area contributed by atoms with E-state index in [-0.39, 0.29) is 5.91 Å². The molecule has 1 aromatic heterocycles. The van der Waals surface area contributed by atoms with Gasteiger partial charge in [0, 0.05) is 38.6 Å². The summed E-state index contributed by atoms with van der Waals surface area (Å²) >= 11 is 0. The standard InChI is InChI=1S/C13H20N4O3/c1-9-5-11(17-14)10(6-15-9)12(18)16-7-13(19-2)3-4-20-8-13/h5-6H,3-4,7-8,14H2,1-2H3,(H,15,17)(H,16,18). The van der Waals surface area contributed by atoms with Crippen molar-refractivity contribution in [1.29, 1.82) is 0 Å². The van der Waals surface area contributed by atoms with E-state index >= 15 is 0 Å². The van der Waals surface area contributed by atoms with Gasteiger partial charge >= 0.3 is 0 Å². The van der Waals surface area contributed by atoms with Crippen LogP contribution in [0.4, 0.5) is 5.69 Å². The number of pyridine rings is 1. The van der Waals surface area contributed by atoms with Crippen molar-refractivity contribution >= 4 is 11.6 Å². The van der Waals surface area contributed by atoms with E-state index in [0.717, 1.165) is 12.1 Å². The Balaban J connectivity index is 2.05. The van der Waals surface area contributed by atoms with E-state index in [4.69, 9.17) is 15.3 Å². The van der Waals surface area contributed by atoms with Gasteiger partial charge in [0.2, 0.25) is 0 Å². The largest absolute Gasteiger partial charge is 0.378 e. The molecule has 1 aromatic rings. The summed E-state index contributed by atoms with van der Waals surface area (Å²) in [5.74, 6) is 5.18. The average Bonchev–Trinajstić information content (AvgIpc) is 2.94. The maximum absolute atomic E-state index is 12.2. The molecule has 2 heterocycles. The molecule has 0 aromatic carbocycles. The van der Waals surface area contributed by atoms with Gasteiger partial charge in [-0.1, -0.05) is 0 Å². The summed E-state index contributed by atoms with van der Waals surface area (Å²) in [6, 6.07) is 1.72. The smallest absolute Gasteiger partial charge is 0.255 e. The molecule has 1 atom stereocenters. The van der Waals surface area contributed by atoms with Gasteiger partial charge in [0.15, 0.2) is 0 Å². The molecule has 1 saturated heterocycles. The molecule has 0 aliphatic carbocycles. The molecule has 1 amide bonds. The van der Waals surface area contributed by atoms with Crippen LogP contribution >= 0.6 is 0 Å². The third-order valence-corrected chi connectivity index (χ3v) is 3.51. The number of amides is 1. The molecule has 0 saturated carbocycles. The van der Waals surface area contributed by atoms with Crippen molar-refractivity contribution in [2.24, 2.45) is 5.84 Å². The summed E-state index contributed by atoms with van der Waals surface area (Å²) in [6.45, 7) is 3.35. The molecular formula is C13H20N4O3. The van der Waals surface area contributed by atoms with E-state index < -0.39 is 5.60 Å². The second-order valence-electron chi connectivity index (χ2n) is 4.89. The molecular weight excluding hydrogens is 260 g/mol. The van der Waals surface area contributed by atoms with E-state index in [9.17, 15) is 4.79 Å². The molecule has 0 spiro atoms. The number of hydrazine groups is 1. The van der Waals surface area contributed by atoms with Gasteiger partial charge in [-0.3, -0.25) is 15.6 Å². The number of hydrogen-bond donors (Lipinski definition) is 3. The van der Waals surface area contributed by atoms with Crippen LogP contribution in [0.3, 0.4) is 0 Å². The van der Waals surface area contributed by atoms with Gasteiger partial charge in [0.05, 0.1) is 17.9 Å². The molecule has 1 aliphatic rings. The van der Waals surface area contributed by atoms with Gasteiger partial charge in [-0.2, -0.15) is 0 Å². The maximum Gasteiger partial charge on any atom is 0.255 e. The monoisotopic (exact) mass is 280 g/mol. The highest BCUT2D eigenvalue weighted by Gasteiger charge is 2.35. The summed E-state index contributed by atoms with van der Waals surface area (Å²) < 4.78 is 10.8. The van der Waals surface area contributed by atoms with E-state index in [2.05, 4.69) is 15.7 Å². The van der Waals surface area contributed by atoms with Crippen LogP contribution < -0.4 is 16.6 Å². The lowest BCUT2D eigenvalue weighted by Gasteiger charge is -2.26. The zero-order valence-corrected chi connectivity index (χ0v) is 11.7. The van der Waals surface area contributed by atoms with E-state index in [1.165, 1.54) is 6.20 Å². The quantitative estimate of drug-likeness (QED) is 0.527. The van der Waals surface area contributed by atoms with Crippen molar-refractivity contribution in [2.75, 3.05) is 32.3 Å². The van der Waals surface area contributed by atoms with Crippen LogP contribution in [0.15, 0.2) is 12.3 Å². The fourth-order valence-corrected chi connectivity index (χ4v) is 2.16. The van der Waals surface area contributed by atoms with Crippen LogP contribution in [0.25, 0.3) is 0 Å². The Morgan fingerprint density at radius 3 is 3.05 bits per heavy atom. The molecule has 0 bridgehead atoms. The van der Waals surface area contributed by atoms with Crippen LogP contribution in [-0.2, 0) is 9.47 Å². The fraction of sp³-hybridized carbons (Fsp3) is 0.538. The van der Waals surface area contributed by atoms with Gasteiger partial charge in [0.25, 0.3) is 5.91 Å². The van der Waals surface area contributed by atoms with Crippen molar-refractivity contribution in [1.82, 2.24) is 10.3 Å². The predicted molar refractivity (Wildman–Crippen MR) is 74.3 cm³/mol. The minimum atomic E-state index is -0.440. The van der Waals surface area contributed by atoms with Gasteiger partial charge < -0.3 is 20.2 Å². The van der Waals surface area contributed by atoms with E-state index in [1.54, 1.807) is 13.2 Å². The van der Waals surface area contributed by atoms with Crippen LogP contribution in [0.1, 0.15) is 22.5 Å². The first-order valence-electron chi connectivity index (χ1n) is 6.44. The lowest BCUT2D eigenvalue weighted by atomic mass is 10.0. The van der Waals surface area contributed by atoms with Crippen LogP contribution in [-0.4, -0.2) is 43.4 Å². The topological polar surface area (TPSA) is 98.5 Å². The number of anilines is 1. The molecule has 7 heteroatoms. The Labute approximate surface area is 117 Å². The summed E-state index contributed by atoms with van der Waals surface area (Å²) in [5.41, 5.74) is 3.81. The normalized spacial score (nSPS) is 21.8. The van der Waals surface area contributed by atoms with Crippen LogP contribution in [0.5, 0.6) is 0 Å². The molecule has 2 rings (SSSR count). The number of rotatable bonds is 5. The highest BCUT2D eigenvalue weighted by molar-refractivity contribution is 5.99. The number of nitrogens with zero attached hydrogens (tertiary/aromatic N) is 1. The lowest BCUT2D eigenvalue weighted by Crippen LogP contribution is -2.45. The fourth-order valence-electron chi connectivity index (χ4n) is 2.16. The highest BCUT2D eigenvalue weighted by atomic mass is 16.5. The second kappa shape index (κ2) is 6.17. The third-order valence-electron chi connectivity index (χ3n) is 3.51. The number of nitrogens with one attached hydrogen (secondary N) is 2. The molecule has 1 aliphatic heterocycles. The molecule has 0 radical (unpaired) electrons. The Morgan fingerprint density at radius 1 is 1.65 bits per heavy atom. The third kappa shape index (κ3) is 3.06.